The van der Waals surface area contributed by atoms with Gasteiger partial charge in [0.15, 0.2) is 8.32 Å². The molecule has 0 aliphatic carbocycles. The molecule has 0 fully saturated rings. The van der Waals surface area contributed by atoms with E-state index in [1.54, 1.807) is 0 Å². The Morgan fingerprint density at radius 2 is 1.78 bits per heavy atom. The lowest BCUT2D eigenvalue weighted by Gasteiger charge is -2.37. The van der Waals surface area contributed by atoms with Gasteiger partial charge in [-0.2, -0.15) is 0 Å². The van der Waals surface area contributed by atoms with Crippen molar-refractivity contribution in [3.63, 3.8) is 0 Å². The number of hydrogen-bond acceptors (Lipinski definition) is 4. The zero-order valence-corrected chi connectivity index (χ0v) is 19.2. The molecule has 0 unspecified atom stereocenters. The molecular formula is C20H27BrN4OSi. The highest BCUT2D eigenvalue weighted by atomic mass is 79.9. The number of fused-ring (bicyclic) bond motifs is 1. The van der Waals surface area contributed by atoms with Crippen molar-refractivity contribution >= 4 is 30.0 Å². The monoisotopic (exact) mass is 446 g/mol. The highest BCUT2D eigenvalue weighted by molar-refractivity contribution is 9.10. The van der Waals surface area contributed by atoms with Crippen LogP contribution < -0.4 is 0 Å². The first kappa shape index (κ1) is 20.2. The Morgan fingerprint density at radius 1 is 1.07 bits per heavy atom. The summed E-state index contributed by atoms with van der Waals surface area (Å²) in [5, 5.41) is 0. The van der Waals surface area contributed by atoms with Gasteiger partial charge in [0.25, 0.3) is 0 Å². The molecule has 3 rings (SSSR count). The minimum atomic E-state index is -1.74. The number of nitrogens with zero attached hydrogens (tertiary/aromatic N) is 4. The molecule has 0 aliphatic rings. The number of halogens is 1. The zero-order chi connectivity index (χ0) is 19.7. The van der Waals surface area contributed by atoms with E-state index in [1.807, 2.05) is 41.1 Å². The summed E-state index contributed by atoms with van der Waals surface area (Å²) in [6, 6.07) is 11.2. The van der Waals surface area contributed by atoms with Gasteiger partial charge < -0.3 is 4.43 Å². The van der Waals surface area contributed by atoms with Crippen LogP contribution in [-0.4, -0.2) is 27.7 Å². The molecule has 0 radical (unpaired) electrons. The standard InChI is InChI=1S/C20H27BrN4OSi/c1-6-27(7-2,8-3)26-20(4,5)17-12-13-25-16(14-22-19(25)24-17)15-10-9-11-18(21)23-15/h9-14H,6-8H2,1-5H3. The second-order valence-corrected chi connectivity index (χ2v) is 12.8. The van der Waals surface area contributed by atoms with Crippen molar-refractivity contribution in [3.8, 4) is 11.4 Å². The summed E-state index contributed by atoms with van der Waals surface area (Å²) in [6.07, 6.45) is 3.83. The van der Waals surface area contributed by atoms with E-state index in [4.69, 9.17) is 9.41 Å². The molecule has 0 saturated heterocycles. The predicted octanol–water partition coefficient (Wildman–Crippen LogP) is 5.81. The molecule has 0 amide bonds. The molecule has 27 heavy (non-hydrogen) atoms. The third-order valence-corrected chi connectivity index (χ3v) is 10.6. The summed E-state index contributed by atoms with van der Waals surface area (Å²) in [7, 11) is -1.74. The second kappa shape index (κ2) is 7.81. The van der Waals surface area contributed by atoms with Crippen molar-refractivity contribution in [1.82, 2.24) is 19.4 Å². The first-order valence-corrected chi connectivity index (χ1v) is 12.8. The Bertz CT molecular complexity index is 928. The summed E-state index contributed by atoms with van der Waals surface area (Å²) in [5.74, 6) is 0.665. The highest BCUT2D eigenvalue weighted by Crippen LogP contribution is 2.33. The predicted molar refractivity (Wildman–Crippen MR) is 115 cm³/mol. The lowest BCUT2D eigenvalue weighted by Crippen LogP contribution is -2.43. The third-order valence-electron chi connectivity index (χ3n) is 5.38. The maximum absolute atomic E-state index is 6.74. The average Bonchev–Trinajstić information content (AvgIpc) is 3.09. The van der Waals surface area contributed by atoms with Crippen molar-refractivity contribution in [1.29, 1.82) is 0 Å². The van der Waals surface area contributed by atoms with E-state index in [-0.39, 0.29) is 0 Å². The lowest BCUT2D eigenvalue weighted by molar-refractivity contribution is 0.0894. The van der Waals surface area contributed by atoms with Gasteiger partial charge in [-0.1, -0.05) is 26.8 Å². The largest absolute Gasteiger partial charge is 0.406 e. The van der Waals surface area contributed by atoms with Crippen LogP contribution in [0.4, 0.5) is 0 Å². The Morgan fingerprint density at radius 3 is 2.41 bits per heavy atom. The molecule has 0 saturated carbocycles. The molecule has 0 N–H and O–H groups in total. The first-order chi connectivity index (χ1) is 12.8. The van der Waals surface area contributed by atoms with Crippen LogP contribution in [0.3, 0.4) is 0 Å². The summed E-state index contributed by atoms with van der Waals surface area (Å²) in [5.41, 5.74) is 2.26. The van der Waals surface area contributed by atoms with E-state index < -0.39 is 13.9 Å². The molecule has 3 aromatic heterocycles. The Labute approximate surface area is 170 Å². The van der Waals surface area contributed by atoms with Crippen LogP contribution in [-0.2, 0) is 10.0 Å². The van der Waals surface area contributed by atoms with E-state index >= 15 is 0 Å². The van der Waals surface area contributed by atoms with Crippen molar-refractivity contribution in [3.05, 3.63) is 47.0 Å². The molecule has 144 valence electrons. The summed E-state index contributed by atoms with van der Waals surface area (Å²) in [6.45, 7) is 11.0. The van der Waals surface area contributed by atoms with E-state index in [0.29, 0.717) is 5.78 Å². The van der Waals surface area contributed by atoms with Crippen molar-refractivity contribution in [2.24, 2.45) is 0 Å². The fourth-order valence-corrected chi connectivity index (χ4v) is 6.97. The number of pyridine rings is 1. The van der Waals surface area contributed by atoms with Crippen molar-refractivity contribution < 1.29 is 4.43 Å². The average molecular weight is 447 g/mol. The van der Waals surface area contributed by atoms with E-state index in [0.717, 1.165) is 39.8 Å². The molecule has 7 heteroatoms. The number of hydrogen-bond donors (Lipinski definition) is 0. The number of imidazole rings is 1. The fraction of sp³-hybridized carbons (Fsp3) is 0.450. The third kappa shape index (κ3) is 4.00. The number of rotatable bonds is 7. The van der Waals surface area contributed by atoms with Gasteiger partial charge in [-0.3, -0.25) is 4.40 Å². The van der Waals surface area contributed by atoms with Gasteiger partial charge in [0.1, 0.15) is 4.60 Å². The summed E-state index contributed by atoms with van der Waals surface area (Å²) < 4.78 is 9.51. The first-order valence-electron chi connectivity index (χ1n) is 9.52. The molecular weight excluding hydrogens is 420 g/mol. The van der Waals surface area contributed by atoms with Gasteiger partial charge in [0.05, 0.1) is 28.9 Å². The Hall–Kier alpha value is -1.57. The molecule has 5 nitrogen and oxygen atoms in total. The lowest BCUT2D eigenvalue weighted by atomic mass is 10.1. The van der Waals surface area contributed by atoms with E-state index in [1.165, 1.54) is 0 Å². The van der Waals surface area contributed by atoms with Gasteiger partial charge in [0.2, 0.25) is 5.78 Å². The normalized spacial score (nSPS) is 12.7. The quantitative estimate of drug-likeness (QED) is 0.339. The maximum Gasteiger partial charge on any atom is 0.234 e. The smallest absolute Gasteiger partial charge is 0.234 e. The van der Waals surface area contributed by atoms with Crippen molar-refractivity contribution in [2.75, 3.05) is 0 Å². The van der Waals surface area contributed by atoms with Gasteiger partial charge >= 0.3 is 0 Å². The Kier molecular flexibility index (Phi) is 5.84. The zero-order valence-electron chi connectivity index (χ0n) is 16.7. The van der Waals surface area contributed by atoms with Crippen LogP contribution in [0.2, 0.25) is 18.1 Å². The van der Waals surface area contributed by atoms with Crippen LogP contribution in [0.1, 0.15) is 40.3 Å². The molecule has 3 heterocycles. The van der Waals surface area contributed by atoms with Crippen LogP contribution in [0.15, 0.2) is 41.3 Å². The van der Waals surface area contributed by atoms with Crippen molar-refractivity contribution in [2.45, 2.75) is 58.4 Å². The second-order valence-electron chi connectivity index (χ2n) is 7.33. The minimum absolute atomic E-state index is 0.434. The van der Waals surface area contributed by atoms with Crippen LogP contribution in [0, 0.1) is 0 Å². The Balaban J connectivity index is 1.98. The summed E-state index contributed by atoms with van der Waals surface area (Å²) >= 11 is 3.43. The van der Waals surface area contributed by atoms with Crippen LogP contribution in [0.25, 0.3) is 17.2 Å². The SMILES string of the molecule is CC[Si](CC)(CC)OC(C)(C)c1ccn2c(-c3cccc(Br)n3)cnc2n1. The van der Waals surface area contributed by atoms with Gasteiger partial charge in [0, 0.05) is 6.20 Å². The van der Waals surface area contributed by atoms with Crippen LogP contribution in [0.5, 0.6) is 0 Å². The van der Waals surface area contributed by atoms with Crippen LogP contribution >= 0.6 is 15.9 Å². The van der Waals surface area contributed by atoms with E-state index in [9.17, 15) is 0 Å². The molecule has 0 spiro atoms. The topological polar surface area (TPSA) is 52.3 Å². The highest BCUT2D eigenvalue weighted by Gasteiger charge is 2.37. The minimum Gasteiger partial charge on any atom is -0.406 e. The molecule has 3 aromatic rings. The molecule has 0 atom stereocenters. The van der Waals surface area contributed by atoms with Gasteiger partial charge in [-0.05, 0) is 66.1 Å². The van der Waals surface area contributed by atoms with Gasteiger partial charge in [-0.25, -0.2) is 15.0 Å². The maximum atomic E-state index is 6.74. The summed E-state index contributed by atoms with van der Waals surface area (Å²) in [4.78, 5) is 13.8. The van der Waals surface area contributed by atoms with E-state index in [2.05, 4.69) is 60.5 Å². The van der Waals surface area contributed by atoms with Gasteiger partial charge in [-0.15, -0.1) is 0 Å². The number of aromatic nitrogens is 4. The fourth-order valence-electron chi connectivity index (χ4n) is 3.51. The molecule has 0 aliphatic heterocycles. The molecule has 0 bridgehead atoms. The molecule has 0 aromatic carbocycles.